The van der Waals surface area contributed by atoms with Gasteiger partial charge in [0.05, 0.1) is 49.8 Å². The molecule has 21 atom stereocenters. The number of hydrogen-bond acceptors (Lipinski definition) is 14. The van der Waals surface area contributed by atoms with E-state index in [1.807, 2.05) is 0 Å². The molecule has 9 N–H and O–H groups in total. The minimum Gasteiger partial charge on any atom is -0.393 e. The Morgan fingerprint density at radius 1 is 0.704 bits per heavy atom. The zero-order chi connectivity index (χ0) is 39.5. The van der Waals surface area contributed by atoms with Crippen LogP contribution >= 0.6 is 0 Å². The third kappa shape index (κ3) is 7.58. The molecule has 6 rings (SSSR count). The molecule has 0 unspecified atom stereocenters. The van der Waals surface area contributed by atoms with Crippen molar-refractivity contribution in [2.45, 2.75) is 172 Å². The first-order valence-corrected chi connectivity index (χ1v) is 20.6. The lowest BCUT2D eigenvalue weighted by atomic mass is 9.41. The van der Waals surface area contributed by atoms with Crippen molar-refractivity contribution >= 4 is 0 Å². The van der Waals surface area contributed by atoms with E-state index in [-0.39, 0.29) is 48.7 Å². The summed E-state index contributed by atoms with van der Waals surface area (Å²) in [6.07, 6.45) is -7.08. The van der Waals surface area contributed by atoms with Crippen molar-refractivity contribution in [2.24, 2.45) is 52.3 Å². The number of hydrogen-bond donors (Lipinski definition) is 9. The Kier molecular flexibility index (Phi) is 13.2. The predicted molar refractivity (Wildman–Crippen MR) is 193 cm³/mol. The Balaban J connectivity index is 1.07. The van der Waals surface area contributed by atoms with Crippen molar-refractivity contribution in [1.82, 2.24) is 0 Å². The van der Waals surface area contributed by atoms with E-state index in [0.717, 1.165) is 25.7 Å². The highest BCUT2D eigenvalue weighted by Crippen LogP contribution is 2.70. The smallest absolute Gasteiger partial charge is 0.187 e. The molecule has 0 radical (unpaired) electrons. The van der Waals surface area contributed by atoms with E-state index in [1.54, 1.807) is 0 Å². The Morgan fingerprint density at radius 2 is 1.33 bits per heavy atom. The van der Waals surface area contributed by atoms with Gasteiger partial charge in [0, 0.05) is 25.4 Å². The van der Waals surface area contributed by atoms with Gasteiger partial charge in [-0.05, 0) is 85.4 Å². The van der Waals surface area contributed by atoms with Crippen molar-refractivity contribution in [3.8, 4) is 0 Å². The van der Waals surface area contributed by atoms with Crippen LogP contribution < -0.4 is 0 Å². The largest absolute Gasteiger partial charge is 0.393 e. The molecular weight excluding hydrogens is 704 g/mol. The average Bonchev–Trinajstić information content (AvgIpc) is 3.39. The molecule has 0 aromatic rings. The van der Waals surface area contributed by atoms with Crippen LogP contribution in [0.1, 0.15) is 92.4 Å². The Bertz CT molecular complexity index is 1240. The van der Waals surface area contributed by atoms with E-state index < -0.39 is 96.5 Å². The summed E-state index contributed by atoms with van der Waals surface area (Å²) in [7, 11) is 1.35. The fourth-order valence-electron chi connectivity index (χ4n) is 12.7. The molecule has 4 aliphatic carbocycles. The van der Waals surface area contributed by atoms with Crippen molar-refractivity contribution in [1.29, 1.82) is 0 Å². The normalized spacial score (nSPS) is 52.0. The monoisotopic (exact) mass is 774 g/mol. The van der Waals surface area contributed by atoms with Crippen LogP contribution in [0.3, 0.4) is 0 Å². The maximum Gasteiger partial charge on any atom is 0.187 e. The quantitative estimate of drug-likeness (QED) is 0.133. The van der Waals surface area contributed by atoms with Crippen LogP contribution in [0, 0.1) is 52.3 Å². The van der Waals surface area contributed by atoms with Crippen molar-refractivity contribution in [2.75, 3.05) is 26.9 Å². The van der Waals surface area contributed by atoms with Gasteiger partial charge in [-0.2, -0.15) is 0 Å². The number of aliphatic hydroxyl groups is 9. The highest BCUT2D eigenvalue weighted by atomic mass is 16.8. The molecule has 0 aromatic heterocycles. The summed E-state index contributed by atoms with van der Waals surface area (Å²) in [4.78, 5) is 0. The lowest BCUT2D eigenvalue weighted by Gasteiger charge is -2.66. The van der Waals surface area contributed by atoms with Gasteiger partial charge in [-0.1, -0.05) is 41.0 Å². The van der Waals surface area contributed by atoms with Crippen LogP contribution in [0.4, 0.5) is 0 Å². The van der Waals surface area contributed by atoms with Crippen LogP contribution in [0.5, 0.6) is 0 Å². The van der Waals surface area contributed by atoms with Crippen LogP contribution in [-0.2, 0) is 23.7 Å². The van der Waals surface area contributed by atoms with E-state index in [0.29, 0.717) is 38.2 Å². The fourth-order valence-corrected chi connectivity index (χ4v) is 12.7. The highest BCUT2D eigenvalue weighted by Gasteiger charge is 2.71. The Hall–Kier alpha value is -0.560. The Morgan fingerprint density at radius 3 is 1.98 bits per heavy atom. The number of fused-ring (bicyclic) bond motifs is 5. The minimum atomic E-state index is -1.35. The van der Waals surface area contributed by atoms with Crippen molar-refractivity contribution in [3.05, 3.63) is 0 Å². The van der Waals surface area contributed by atoms with Crippen molar-refractivity contribution < 1.29 is 69.6 Å². The molecule has 0 aromatic carbocycles. The average molecular weight is 775 g/mol. The lowest BCUT2D eigenvalue weighted by molar-refractivity contribution is -0.345. The van der Waals surface area contributed by atoms with E-state index in [9.17, 15) is 46.0 Å². The fraction of sp³-hybridized carbons (Fsp3) is 1.00. The summed E-state index contributed by atoms with van der Waals surface area (Å²) in [6.45, 7) is 10.9. The first-order chi connectivity index (χ1) is 25.4. The molecule has 0 bridgehead atoms. The van der Waals surface area contributed by atoms with Gasteiger partial charge in [-0.15, -0.1) is 0 Å². The van der Waals surface area contributed by atoms with Crippen LogP contribution in [0.2, 0.25) is 0 Å². The molecule has 2 aliphatic heterocycles. The summed E-state index contributed by atoms with van der Waals surface area (Å²) in [5, 5.41) is 98.9. The molecule has 2 saturated heterocycles. The molecule has 4 saturated carbocycles. The maximum absolute atomic E-state index is 12.6. The molecule has 0 spiro atoms. The van der Waals surface area contributed by atoms with Crippen LogP contribution in [-0.4, -0.2) is 152 Å². The van der Waals surface area contributed by atoms with Gasteiger partial charge in [-0.25, -0.2) is 0 Å². The molecule has 54 heavy (non-hydrogen) atoms. The van der Waals surface area contributed by atoms with Gasteiger partial charge < -0.3 is 69.6 Å². The summed E-state index contributed by atoms with van der Waals surface area (Å²) >= 11 is 0. The molecule has 14 nitrogen and oxygen atoms in total. The number of methoxy groups -OCH3 is 1. The first kappa shape index (κ1) is 43.0. The number of ether oxygens (including phenoxy) is 5. The molecule has 2 heterocycles. The minimum absolute atomic E-state index is 0.0911. The van der Waals surface area contributed by atoms with E-state index in [4.69, 9.17) is 23.7 Å². The molecule has 6 aliphatic rings. The zero-order valence-corrected chi connectivity index (χ0v) is 33.0. The molecule has 0 amide bonds. The second kappa shape index (κ2) is 16.6. The maximum atomic E-state index is 12.6. The van der Waals surface area contributed by atoms with Gasteiger partial charge in [0.1, 0.15) is 36.6 Å². The van der Waals surface area contributed by atoms with Gasteiger partial charge >= 0.3 is 0 Å². The van der Waals surface area contributed by atoms with Crippen LogP contribution in [0.15, 0.2) is 0 Å². The predicted octanol–water partition coefficient (Wildman–Crippen LogP) is 0.685. The van der Waals surface area contributed by atoms with Gasteiger partial charge in [0.15, 0.2) is 12.6 Å². The van der Waals surface area contributed by atoms with Crippen LogP contribution in [0.25, 0.3) is 0 Å². The molecule has 6 fully saturated rings. The SMILES string of the molecule is CO[C@H]1[C@H](O[C@H]2[C@H](OCC[C@H](CC[C@@H](C)[C@H]3C[C@@H](O)[C@@H]4[C@]3(C)CC[C@@H]3[C@@]5(C)CC[C@H](O)[C@H](O)[C@@H]5[C@@H](O)C[C@]34O)C(C)C)OC[C@@H](O)[C@@H]2O)OC[C@@H](O)[C@@H]1O. The number of rotatable bonds is 12. The summed E-state index contributed by atoms with van der Waals surface area (Å²) in [5.41, 5.74) is -2.14. The summed E-state index contributed by atoms with van der Waals surface area (Å²) in [6, 6.07) is 0. The lowest BCUT2D eigenvalue weighted by Crippen LogP contribution is -2.70. The zero-order valence-electron chi connectivity index (χ0n) is 33.0. The second-order valence-corrected chi connectivity index (χ2v) is 18.9. The standard InChI is InChI=1S/C40H70O14/c1-19(2)21(11-14-51-36-34(32(48)27(45)17-52-36)54-37-33(50-6)31(47)26(44)18-53-37)8-7-20(3)22-15-24(42)35-38(22,4)13-10-28-39(5)12-9-23(41)30(46)29(39)25(43)16-40(28,35)49/h19-37,41-49H,7-18H2,1-6H3/t20-,21+,22-,23+,24-,25+,26-,27-,28-,29+,30+,31+,32+,33-,34-,35-,36-,37+,38-,39-,40+/m1/s1. The van der Waals surface area contributed by atoms with Crippen molar-refractivity contribution in [3.63, 3.8) is 0 Å². The first-order valence-electron chi connectivity index (χ1n) is 20.6. The van der Waals surface area contributed by atoms with E-state index in [2.05, 4.69) is 34.6 Å². The topological polar surface area (TPSA) is 228 Å². The molecular formula is C40H70O14. The second-order valence-electron chi connectivity index (χ2n) is 18.9. The third-order valence-electron chi connectivity index (χ3n) is 15.6. The summed E-state index contributed by atoms with van der Waals surface area (Å²) in [5.74, 6) is -0.0379. The number of aliphatic hydroxyl groups excluding tert-OH is 8. The Labute approximate surface area is 320 Å². The van der Waals surface area contributed by atoms with Gasteiger partial charge in [0.2, 0.25) is 0 Å². The van der Waals surface area contributed by atoms with Gasteiger partial charge in [-0.3, -0.25) is 0 Å². The van der Waals surface area contributed by atoms with E-state index in [1.165, 1.54) is 7.11 Å². The third-order valence-corrected chi connectivity index (χ3v) is 15.6. The summed E-state index contributed by atoms with van der Waals surface area (Å²) < 4.78 is 28.8. The highest BCUT2D eigenvalue weighted by molar-refractivity contribution is 5.21. The van der Waals surface area contributed by atoms with Gasteiger partial charge in [0.25, 0.3) is 0 Å². The van der Waals surface area contributed by atoms with E-state index >= 15 is 0 Å². The molecule has 14 heteroatoms. The molecule has 314 valence electrons.